The number of nitrogens with zero attached hydrogens (tertiary/aromatic N) is 2. The van der Waals surface area contributed by atoms with Gasteiger partial charge in [0.05, 0.1) is 12.1 Å². The first-order valence-electron chi connectivity index (χ1n) is 9.31. The fraction of sp³-hybridized carbons (Fsp3) is 0.250. The lowest BCUT2D eigenvalue weighted by molar-refractivity contribution is -0.660. The Kier molecular flexibility index (Phi) is 4.20. The van der Waals surface area contributed by atoms with E-state index in [2.05, 4.69) is 73.8 Å². The highest BCUT2D eigenvalue weighted by Crippen LogP contribution is 2.40. The molecule has 4 aromatic rings. The summed E-state index contributed by atoms with van der Waals surface area (Å²) in [7, 11) is 2.05. The largest absolute Gasteiger partial charge is 0.467 e. The SMILES string of the molecule is [C-]#[N+]c1ccc(CC(C)C)c2c1oc1cc(-c3cccc[n+]3C)c(C)cc12. The van der Waals surface area contributed by atoms with Crippen LogP contribution in [0.2, 0.25) is 0 Å². The van der Waals surface area contributed by atoms with Crippen LogP contribution in [0.5, 0.6) is 0 Å². The van der Waals surface area contributed by atoms with Crippen molar-refractivity contribution in [3.05, 3.63) is 71.2 Å². The van der Waals surface area contributed by atoms with Crippen LogP contribution < -0.4 is 4.57 Å². The van der Waals surface area contributed by atoms with Gasteiger partial charge in [-0.3, -0.25) is 0 Å². The van der Waals surface area contributed by atoms with Crippen LogP contribution in [-0.4, -0.2) is 0 Å². The summed E-state index contributed by atoms with van der Waals surface area (Å²) >= 11 is 0. The minimum Gasteiger partial charge on any atom is -0.467 e. The Morgan fingerprint density at radius 3 is 2.67 bits per heavy atom. The minimum absolute atomic E-state index is 0.542. The third-order valence-electron chi connectivity index (χ3n) is 5.11. The van der Waals surface area contributed by atoms with Crippen molar-refractivity contribution in [2.75, 3.05) is 0 Å². The molecule has 2 heterocycles. The first-order chi connectivity index (χ1) is 13.0. The highest BCUT2D eigenvalue weighted by Gasteiger charge is 2.19. The molecule has 0 fully saturated rings. The van der Waals surface area contributed by atoms with Gasteiger partial charge in [0, 0.05) is 22.9 Å². The van der Waals surface area contributed by atoms with E-state index in [9.17, 15) is 0 Å². The summed E-state index contributed by atoms with van der Waals surface area (Å²) in [6, 6.07) is 14.5. The van der Waals surface area contributed by atoms with E-state index < -0.39 is 0 Å². The zero-order valence-electron chi connectivity index (χ0n) is 16.2. The van der Waals surface area contributed by atoms with Crippen LogP contribution in [0.15, 0.2) is 53.1 Å². The van der Waals surface area contributed by atoms with Gasteiger partial charge >= 0.3 is 0 Å². The molecule has 0 bridgehead atoms. The van der Waals surface area contributed by atoms with Gasteiger partial charge in [-0.2, -0.15) is 0 Å². The monoisotopic (exact) mass is 355 g/mol. The third kappa shape index (κ3) is 2.88. The van der Waals surface area contributed by atoms with Crippen LogP contribution in [0.1, 0.15) is 25.0 Å². The summed E-state index contributed by atoms with van der Waals surface area (Å²) in [6.45, 7) is 14.1. The average Bonchev–Trinajstić information content (AvgIpc) is 3.00. The maximum atomic E-state index is 7.52. The number of hydrogen-bond donors (Lipinski definition) is 0. The van der Waals surface area contributed by atoms with Crippen LogP contribution in [-0.2, 0) is 13.5 Å². The van der Waals surface area contributed by atoms with Crippen molar-refractivity contribution in [2.45, 2.75) is 27.2 Å². The molecule has 3 nitrogen and oxygen atoms in total. The van der Waals surface area contributed by atoms with Gasteiger partial charge in [-0.15, -0.1) is 0 Å². The smallest absolute Gasteiger partial charge is 0.229 e. The lowest BCUT2D eigenvalue weighted by Crippen LogP contribution is -2.30. The lowest BCUT2D eigenvalue weighted by atomic mass is 9.95. The number of hydrogen-bond acceptors (Lipinski definition) is 1. The van der Waals surface area contributed by atoms with E-state index in [-0.39, 0.29) is 0 Å². The second-order valence-electron chi connectivity index (χ2n) is 7.62. The predicted molar refractivity (Wildman–Crippen MR) is 110 cm³/mol. The Labute approximate surface area is 159 Å². The summed E-state index contributed by atoms with van der Waals surface area (Å²) in [5, 5.41) is 2.20. The summed E-state index contributed by atoms with van der Waals surface area (Å²) in [6.07, 6.45) is 3.02. The maximum absolute atomic E-state index is 7.52. The van der Waals surface area contributed by atoms with Gasteiger partial charge in [0.25, 0.3) is 0 Å². The lowest BCUT2D eigenvalue weighted by Gasteiger charge is -2.08. The van der Waals surface area contributed by atoms with Crippen LogP contribution in [0.3, 0.4) is 0 Å². The van der Waals surface area contributed by atoms with Gasteiger partial charge < -0.3 is 4.42 Å². The molecule has 0 radical (unpaired) electrons. The van der Waals surface area contributed by atoms with E-state index in [1.54, 1.807) is 0 Å². The molecule has 3 heteroatoms. The van der Waals surface area contributed by atoms with Crippen LogP contribution in [0, 0.1) is 19.4 Å². The van der Waals surface area contributed by atoms with Crippen LogP contribution in [0.25, 0.3) is 38.0 Å². The Morgan fingerprint density at radius 2 is 1.96 bits per heavy atom. The van der Waals surface area contributed by atoms with Crippen LogP contribution in [0.4, 0.5) is 5.69 Å². The standard InChI is InChI=1S/C24H23N2O/c1-15(2)12-17-9-10-20(25-4)24-23(17)19-13-16(3)18(14-22(19)27-24)21-8-6-7-11-26(21)5/h6-11,13-15H,12H2,1-3,5H3/q+1. The molecule has 0 saturated heterocycles. The summed E-state index contributed by atoms with van der Waals surface area (Å²) in [5.74, 6) is 0.542. The van der Waals surface area contributed by atoms with E-state index >= 15 is 0 Å². The van der Waals surface area contributed by atoms with Crippen molar-refractivity contribution in [3.8, 4) is 11.3 Å². The molecule has 0 N–H and O–H groups in total. The van der Waals surface area contributed by atoms with Gasteiger partial charge in [0.1, 0.15) is 18.2 Å². The highest BCUT2D eigenvalue weighted by molar-refractivity contribution is 6.11. The van der Waals surface area contributed by atoms with Gasteiger partial charge in [-0.1, -0.05) is 26.0 Å². The summed E-state index contributed by atoms with van der Waals surface area (Å²) in [4.78, 5) is 3.68. The zero-order chi connectivity index (χ0) is 19.1. The van der Waals surface area contributed by atoms with Crippen molar-refractivity contribution < 1.29 is 8.98 Å². The molecule has 0 unspecified atom stereocenters. The van der Waals surface area contributed by atoms with Crippen molar-refractivity contribution in [2.24, 2.45) is 13.0 Å². The molecular formula is C24H23N2O+. The number of aryl methyl sites for hydroxylation is 2. The Balaban J connectivity index is 2.05. The van der Waals surface area contributed by atoms with E-state index in [0.29, 0.717) is 17.2 Å². The number of fused-ring (bicyclic) bond motifs is 3. The van der Waals surface area contributed by atoms with Crippen molar-refractivity contribution in [1.29, 1.82) is 0 Å². The highest BCUT2D eigenvalue weighted by atomic mass is 16.3. The average molecular weight is 355 g/mol. The topological polar surface area (TPSA) is 21.4 Å². The molecule has 0 aliphatic carbocycles. The Hall–Kier alpha value is -3.12. The molecule has 0 saturated carbocycles. The number of pyridine rings is 1. The third-order valence-corrected chi connectivity index (χ3v) is 5.11. The molecule has 134 valence electrons. The number of benzene rings is 2. The molecule has 0 aliphatic rings. The molecule has 4 rings (SSSR count). The first kappa shape index (κ1) is 17.3. The van der Waals surface area contributed by atoms with E-state index in [1.165, 1.54) is 11.1 Å². The second kappa shape index (κ2) is 6.55. The predicted octanol–water partition coefficient (Wildman–Crippen LogP) is 6.14. The molecule has 2 aromatic heterocycles. The fourth-order valence-electron chi connectivity index (χ4n) is 3.87. The van der Waals surface area contributed by atoms with Gasteiger partial charge in [-0.05, 0) is 48.6 Å². The van der Waals surface area contributed by atoms with E-state index in [4.69, 9.17) is 11.0 Å². The van der Waals surface area contributed by atoms with Crippen molar-refractivity contribution >= 4 is 27.6 Å². The number of furan rings is 1. The van der Waals surface area contributed by atoms with E-state index in [1.807, 2.05) is 12.1 Å². The Morgan fingerprint density at radius 1 is 1.15 bits per heavy atom. The van der Waals surface area contributed by atoms with E-state index in [0.717, 1.165) is 34.0 Å². The van der Waals surface area contributed by atoms with Gasteiger partial charge in [-0.25, -0.2) is 9.41 Å². The quantitative estimate of drug-likeness (QED) is 0.320. The molecule has 27 heavy (non-hydrogen) atoms. The number of rotatable bonds is 3. The second-order valence-corrected chi connectivity index (χ2v) is 7.62. The normalized spacial score (nSPS) is 11.4. The molecule has 0 amide bonds. The molecular weight excluding hydrogens is 332 g/mol. The molecule has 0 aliphatic heterocycles. The molecule has 0 spiro atoms. The van der Waals surface area contributed by atoms with Crippen molar-refractivity contribution in [3.63, 3.8) is 0 Å². The first-order valence-corrected chi connectivity index (χ1v) is 9.31. The van der Waals surface area contributed by atoms with Gasteiger partial charge in [0.15, 0.2) is 6.20 Å². The minimum atomic E-state index is 0.542. The van der Waals surface area contributed by atoms with Crippen molar-refractivity contribution in [1.82, 2.24) is 0 Å². The summed E-state index contributed by atoms with van der Waals surface area (Å²) < 4.78 is 8.35. The Bertz CT molecular complexity index is 1210. The number of aromatic nitrogens is 1. The van der Waals surface area contributed by atoms with Gasteiger partial charge in [0.2, 0.25) is 11.4 Å². The van der Waals surface area contributed by atoms with Crippen LogP contribution >= 0.6 is 0 Å². The fourth-order valence-corrected chi connectivity index (χ4v) is 3.87. The molecule has 2 aromatic carbocycles. The summed E-state index contributed by atoms with van der Waals surface area (Å²) in [5.41, 5.74) is 6.89. The maximum Gasteiger partial charge on any atom is 0.229 e. The zero-order valence-corrected chi connectivity index (χ0v) is 16.2. The molecule has 0 atom stereocenters.